The molecule has 2 aliphatic rings. The molecule has 1 saturated heterocycles. The zero-order chi connectivity index (χ0) is 33.1. The SMILES string of the molecule is CC(C)(C)[Si](O[C@H]1[C@H](O)[C@@H]([Se]c2ccccc2)C[C@@H]2O[C@@H](c3ccccc3)[C@H](c3ccccc3)O[C@H]12)(c1ccccc1)c1ccccc1. The van der Waals surface area contributed by atoms with Gasteiger partial charge in [-0.25, -0.2) is 0 Å². The number of benzene rings is 5. The van der Waals surface area contributed by atoms with Gasteiger partial charge in [0.1, 0.15) is 0 Å². The number of ether oxygens (including phenoxy) is 2. The molecule has 7 rings (SSSR count). The van der Waals surface area contributed by atoms with E-state index in [1.54, 1.807) is 0 Å². The van der Waals surface area contributed by atoms with Crippen LogP contribution in [-0.2, 0) is 13.9 Å². The van der Waals surface area contributed by atoms with E-state index in [0.717, 1.165) is 11.1 Å². The van der Waals surface area contributed by atoms with Crippen molar-refractivity contribution in [1.29, 1.82) is 0 Å². The molecular formula is C42H44O4SeSi. The Labute approximate surface area is 292 Å². The van der Waals surface area contributed by atoms with Crippen molar-refractivity contribution in [2.45, 2.75) is 73.7 Å². The minimum atomic E-state index is -3.05. The van der Waals surface area contributed by atoms with Crippen molar-refractivity contribution >= 4 is 38.1 Å². The van der Waals surface area contributed by atoms with Gasteiger partial charge < -0.3 is 0 Å². The third kappa shape index (κ3) is 6.51. The average Bonchev–Trinajstić information content (AvgIpc) is 3.13. The summed E-state index contributed by atoms with van der Waals surface area (Å²) in [5.41, 5.74) is 2.14. The molecule has 2 fully saturated rings. The Balaban J connectivity index is 1.36. The van der Waals surface area contributed by atoms with E-state index < -0.39 is 26.6 Å². The van der Waals surface area contributed by atoms with Crippen LogP contribution in [0.4, 0.5) is 0 Å². The predicted octanol–water partition coefficient (Wildman–Crippen LogP) is 6.78. The van der Waals surface area contributed by atoms with Gasteiger partial charge in [0.05, 0.1) is 0 Å². The molecule has 1 aliphatic carbocycles. The summed E-state index contributed by atoms with van der Waals surface area (Å²) in [5, 5.41) is 14.7. The second kappa shape index (κ2) is 14.3. The molecule has 1 N–H and O–H groups in total. The van der Waals surface area contributed by atoms with E-state index >= 15 is 0 Å². The van der Waals surface area contributed by atoms with Crippen LogP contribution in [0.5, 0.6) is 0 Å². The molecule has 0 bridgehead atoms. The summed E-state index contributed by atoms with van der Waals surface area (Å²) in [5.74, 6) is 0. The van der Waals surface area contributed by atoms with Crippen LogP contribution in [-0.4, -0.2) is 52.8 Å². The van der Waals surface area contributed by atoms with Gasteiger partial charge in [-0.3, -0.25) is 0 Å². The predicted molar refractivity (Wildman–Crippen MR) is 197 cm³/mol. The second-order valence-corrected chi connectivity index (χ2v) is 20.9. The first-order chi connectivity index (χ1) is 23.3. The van der Waals surface area contributed by atoms with Gasteiger partial charge in [0.2, 0.25) is 0 Å². The monoisotopic (exact) mass is 720 g/mol. The average molecular weight is 720 g/mol. The van der Waals surface area contributed by atoms with Crippen molar-refractivity contribution in [3.05, 3.63) is 163 Å². The summed E-state index contributed by atoms with van der Waals surface area (Å²) >= 11 is 0.000576. The molecule has 0 radical (unpaired) electrons. The van der Waals surface area contributed by atoms with Crippen molar-refractivity contribution in [3.8, 4) is 0 Å². The standard InChI is InChI=1S/C42H44O4SeSi/c1-42(2,3)48(33-25-15-7-16-26-33,34-27-17-8-18-28-34)46-41-37(43)36(47-32-23-13-6-14-24-32)29-35-40(41)45-39(31-21-11-5-12-22-31)38(44-35)30-19-9-4-10-20-30/h4-28,35-41,43H,29H2,1-3H3/t35-,36-,37+,38-,39-,40-,41-/m0/s1. The fourth-order valence-corrected chi connectivity index (χ4v) is 14.8. The van der Waals surface area contributed by atoms with Gasteiger partial charge in [-0.05, 0) is 0 Å². The normalized spacial score (nSPS) is 26.0. The van der Waals surface area contributed by atoms with Gasteiger partial charge in [0.25, 0.3) is 0 Å². The van der Waals surface area contributed by atoms with Crippen molar-refractivity contribution in [1.82, 2.24) is 0 Å². The molecule has 1 saturated carbocycles. The van der Waals surface area contributed by atoms with Gasteiger partial charge in [-0.15, -0.1) is 0 Å². The Hall–Kier alpha value is -3.32. The molecule has 0 spiro atoms. The topological polar surface area (TPSA) is 47.9 Å². The van der Waals surface area contributed by atoms with Gasteiger partial charge in [-0.2, -0.15) is 0 Å². The van der Waals surface area contributed by atoms with Crippen LogP contribution in [0, 0.1) is 0 Å². The number of rotatable bonds is 8. The summed E-state index contributed by atoms with van der Waals surface area (Å²) < 4.78 is 23.5. The number of fused-ring (bicyclic) bond motifs is 1. The van der Waals surface area contributed by atoms with E-state index in [9.17, 15) is 5.11 Å². The van der Waals surface area contributed by atoms with Crippen molar-refractivity contribution in [2.75, 3.05) is 0 Å². The molecule has 5 aromatic carbocycles. The zero-order valence-corrected chi connectivity index (χ0v) is 30.5. The molecule has 7 atom stereocenters. The second-order valence-electron chi connectivity index (χ2n) is 13.9. The molecule has 1 aliphatic heterocycles. The van der Waals surface area contributed by atoms with Gasteiger partial charge in [-0.1, -0.05) is 0 Å². The quantitative estimate of drug-likeness (QED) is 0.180. The van der Waals surface area contributed by atoms with E-state index in [2.05, 4.69) is 154 Å². The molecule has 48 heavy (non-hydrogen) atoms. The van der Waals surface area contributed by atoms with E-state index in [1.165, 1.54) is 14.8 Å². The Morgan fingerprint density at radius 1 is 0.625 bits per heavy atom. The van der Waals surface area contributed by atoms with Crippen LogP contribution in [0.2, 0.25) is 9.85 Å². The third-order valence-corrected chi connectivity index (χ3v) is 17.6. The first kappa shape index (κ1) is 33.2. The minimum absolute atomic E-state index is 0.000576. The number of hydrogen-bond donors (Lipinski definition) is 1. The third-order valence-electron chi connectivity index (χ3n) is 9.79. The fourth-order valence-electron chi connectivity index (χ4n) is 7.53. The maximum absolute atomic E-state index is 12.6. The molecule has 0 amide bonds. The van der Waals surface area contributed by atoms with E-state index in [1.807, 2.05) is 18.2 Å². The van der Waals surface area contributed by atoms with Crippen LogP contribution < -0.4 is 14.8 Å². The van der Waals surface area contributed by atoms with Gasteiger partial charge in [0, 0.05) is 0 Å². The van der Waals surface area contributed by atoms with Crippen molar-refractivity contribution in [3.63, 3.8) is 0 Å². The maximum atomic E-state index is 12.6. The molecule has 0 unspecified atom stereocenters. The van der Waals surface area contributed by atoms with Crippen LogP contribution in [0.25, 0.3) is 0 Å². The first-order valence-corrected chi connectivity index (χ1v) is 20.7. The number of aliphatic hydroxyl groups is 1. The van der Waals surface area contributed by atoms with Crippen LogP contribution >= 0.6 is 0 Å². The summed E-state index contributed by atoms with van der Waals surface area (Å²) in [7, 11) is -3.05. The Morgan fingerprint density at radius 3 is 1.54 bits per heavy atom. The fraction of sp³-hybridized carbons (Fsp3) is 0.286. The van der Waals surface area contributed by atoms with Crippen LogP contribution in [0.1, 0.15) is 50.5 Å². The van der Waals surface area contributed by atoms with Gasteiger partial charge in [0.15, 0.2) is 0 Å². The molecule has 0 aromatic heterocycles. The Kier molecular flexibility index (Phi) is 9.86. The summed E-state index contributed by atoms with van der Waals surface area (Å²) in [6, 6.07) is 52.7. The van der Waals surface area contributed by atoms with Crippen LogP contribution in [0.3, 0.4) is 0 Å². The number of aliphatic hydroxyl groups excluding tert-OH is 1. The van der Waals surface area contributed by atoms with E-state index in [-0.39, 0.29) is 43.1 Å². The Morgan fingerprint density at radius 2 is 1.06 bits per heavy atom. The molecular weight excluding hydrogens is 676 g/mol. The summed E-state index contributed by atoms with van der Waals surface area (Å²) in [4.78, 5) is -0.0161. The van der Waals surface area contributed by atoms with E-state index in [0.29, 0.717) is 6.42 Å². The summed E-state index contributed by atoms with van der Waals surface area (Å²) in [6.07, 6.45) is -2.00. The molecule has 5 aromatic rings. The first-order valence-electron chi connectivity index (χ1n) is 16.9. The summed E-state index contributed by atoms with van der Waals surface area (Å²) in [6.45, 7) is 6.86. The van der Waals surface area contributed by atoms with E-state index in [4.69, 9.17) is 13.9 Å². The van der Waals surface area contributed by atoms with Gasteiger partial charge >= 0.3 is 294 Å². The molecule has 4 nitrogen and oxygen atoms in total. The Bertz CT molecular complexity index is 1690. The van der Waals surface area contributed by atoms with Crippen molar-refractivity contribution < 1.29 is 19.0 Å². The van der Waals surface area contributed by atoms with Crippen molar-refractivity contribution in [2.24, 2.45) is 0 Å². The number of hydrogen-bond acceptors (Lipinski definition) is 4. The van der Waals surface area contributed by atoms with Crippen LogP contribution in [0.15, 0.2) is 152 Å². The zero-order valence-electron chi connectivity index (χ0n) is 27.8. The molecule has 246 valence electrons. The molecule has 6 heteroatoms. The molecule has 1 heterocycles.